The van der Waals surface area contributed by atoms with Gasteiger partial charge in [0.25, 0.3) is 0 Å². The van der Waals surface area contributed by atoms with E-state index in [0.717, 1.165) is 0 Å². The van der Waals surface area contributed by atoms with Crippen LogP contribution in [0.2, 0.25) is 0 Å². The fourth-order valence-electron chi connectivity index (χ4n) is 1.02. The normalized spacial score (nSPS) is 15.5. The van der Waals surface area contributed by atoms with Crippen LogP contribution in [0, 0.1) is 0 Å². The molecule has 0 saturated heterocycles. The van der Waals surface area contributed by atoms with Crippen molar-refractivity contribution in [2.45, 2.75) is 39.2 Å². The maximum Gasteiger partial charge on any atom is 0.323 e. The van der Waals surface area contributed by atoms with Crippen LogP contribution in [0.4, 0.5) is 4.39 Å². The van der Waals surface area contributed by atoms with Crippen LogP contribution in [-0.2, 0) is 4.79 Å². The smallest absolute Gasteiger partial charge is 0.323 e. The molecule has 0 fully saturated rings. The van der Waals surface area contributed by atoms with Gasteiger partial charge in [0.15, 0.2) is 0 Å². The van der Waals surface area contributed by atoms with Crippen LogP contribution < -0.4 is 11.5 Å². The van der Waals surface area contributed by atoms with E-state index in [9.17, 15) is 9.18 Å². The molecular formula is C11H22Cl2FN3O2. The molecule has 0 aliphatic carbocycles. The van der Waals surface area contributed by atoms with Crippen LogP contribution in [0.1, 0.15) is 33.6 Å². The average molecular weight is 318 g/mol. The Bertz CT molecular complexity index is 354. The van der Waals surface area contributed by atoms with Crippen molar-refractivity contribution in [2.75, 3.05) is 6.54 Å². The maximum atomic E-state index is 13.5. The lowest BCUT2D eigenvalue weighted by atomic mass is 9.94. The predicted molar refractivity (Wildman–Crippen MR) is 79.9 cm³/mol. The third-order valence-electron chi connectivity index (χ3n) is 2.44. The quantitative estimate of drug-likeness (QED) is 0.515. The molecule has 0 aliphatic heterocycles. The van der Waals surface area contributed by atoms with Gasteiger partial charge in [-0.15, -0.1) is 24.8 Å². The lowest BCUT2D eigenvalue weighted by molar-refractivity contribution is -0.142. The van der Waals surface area contributed by atoms with Gasteiger partial charge in [0.1, 0.15) is 11.4 Å². The molecule has 1 atom stereocenters. The van der Waals surface area contributed by atoms with E-state index in [0.29, 0.717) is 11.4 Å². The molecule has 0 unspecified atom stereocenters. The Labute approximate surface area is 125 Å². The van der Waals surface area contributed by atoms with Gasteiger partial charge in [0.05, 0.1) is 12.4 Å². The van der Waals surface area contributed by atoms with Crippen LogP contribution in [0.15, 0.2) is 16.4 Å². The van der Waals surface area contributed by atoms with Gasteiger partial charge < -0.3 is 16.6 Å². The number of allylic oxidation sites excluding steroid dienone is 1. The molecule has 0 saturated carbocycles. The minimum atomic E-state index is -1.34. The Morgan fingerprint density at radius 1 is 1.37 bits per heavy atom. The molecule has 0 spiro atoms. The summed E-state index contributed by atoms with van der Waals surface area (Å²) in [6.07, 6.45) is 0.456. The number of carboxylic acids is 1. The molecule has 114 valence electrons. The van der Waals surface area contributed by atoms with E-state index in [2.05, 4.69) is 4.99 Å². The van der Waals surface area contributed by atoms with Crippen molar-refractivity contribution >= 4 is 36.6 Å². The lowest BCUT2D eigenvalue weighted by Gasteiger charge is -2.19. The van der Waals surface area contributed by atoms with E-state index in [4.69, 9.17) is 16.6 Å². The number of aliphatic carboxylic acids is 1. The molecular weight excluding hydrogens is 296 g/mol. The molecule has 5 N–H and O–H groups in total. The first-order valence-corrected chi connectivity index (χ1v) is 5.29. The number of hydrogen-bond acceptors (Lipinski definition) is 3. The average Bonchev–Trinajstić information content (AvgIpc) is 2.22. The van der Waals surface area contributed by atoms with Crippen molar-refractivity contribution in [1.29, 1.82) is 0 Å². The van der Waals surface area contributed by atoms with E-state index in [1.54, 1.807) is 13.8 Å². The van der Waals surface area contributed by atoms with Crippen molar-refractivity contribution in [3.8, 4) is 0 Å². The molecule has 0 aromatic rings. The summed E-state index contributed by atoms with van der Waals surface area (Å²) in [7, 11) is 0. The minimum absolute atomic E-state index is 0. The Morgan fingerprint density at radius 3 is 2.21 bits per heavy atom. The molecule has 5 nitrogen and oxygen atoms in total. The Balaban J connectivity index is -0.00000128. The van der Waals surface area contributed by atoms with Gasteiger partial charge in [-0.3, -0.25) is 9.79 Å². The van der Waals surface area contributed by atoms with Gasteiger partial charge in [0, 0.05) is 0 Å². The Kier molecular flexibility index (Phi) is 12.2. The van der Waals surface area contributed by atoms with Crippen molar-refractivity contribution < 1.29 is 14.3 Å². The number of carboxylic acid groups (broad SMARTS) is 1. The van der Waals surface area contributed by atoms with E-state index >= 15 is 0 Å². The summed E-state index contributed by atoms with van der Waals surface area (Å²) in [5.41, 5.74) is 9.94. The Hall–Kier alpha value is -0.850. The fraction of sp³-hybridized carbons (Fsp3) is 0.636. The molecule has 0 aliphatic rings. The second-order valence-corrected chi connectivity index (χ2v) is 4.37. The van der Waals surface area contributed by atoms with Gasteiger partial charge >= 0.3 is 5.97 Å². The zero-order chi connectivity index (χ0) is 13.6. The molecule has 8 heteroatoms. The summed E-state index contributed by atoms with van der Waals surface area (Å²) in [6.45, 7) is 4.46. The highest BCUT2D eigenvalue weighted by Crippen LogP contribution is 2.18. The number of rotatable bonds is 6. The third-order valence-corrected chi connectivity index (χ3v) is 2.44. The van der Waals surface area contributed by atoms with E-state index in [-0.39, 0.29) is 44.2 Å². The van der Waals surface area contributed by atoms with Gasteiger partial charge in [-0.05, 0) is 39.2 Å². The molecule has 0 bridgehead atoms. The number of aliphatic imine (C=N–C) groups is 1. The largest absolute Gasteiger partial charge is 0.480 e. The third kappa shape index (κ3) is 9.69. The van der Waals surface area contributed by atoms with E-state index in [1.807, 2.05) is 0 Å². The summed E-state index contributed by atoms with van der Waals surface area (Å²) in [6, 6.07) is 0. The Morgan fingerprint density at radius 2 is 1.84 bits per heavy atom. The van der Waals surface area contributed by atoms with Crippen molar-refractivity contribution in [3.05, 3.63) is 11.4 Å². The number of nitrogens with two attached hydrogens (primary N) is 2. The summed E-state index contributed by atoms with van der Waals surface area (Å²) >= 11 is 0. The number of hydrogen-bond donors (Lipinski definition) is 3. The van der Waals surface area contributed by atoms with Crippen LogP contribution in [-0.4, -0.2) is 29.0 Å². The number of amidine groups is 1. The summed E-state index contributed by atoms with van der Waals surface area (Å²) < 4.78 is 13.5. The van der Waals surface area contributed by atoms with Crippen molar-refractivity contribution in [3.63, 3.8) is 0 Å². The molecule has 0 heterocycles. The molecule has 0 amide bonds. The van der Waals surface area contributed by atoms with E-state index < -0.39 is 17.3 Å². The van der Waals surface area contributed by atoms with Crippen LogP contribution >= 0.6 is 24.8 Å². The first-order chi connectivity index (χ1) is 7.66. The zero-order valence-corrected chi connectivity index (χ0v) is 12.9. The first-order valence-electron chi connectivity index (χ1n) is 5.29. The van der Waals surface area contributed by atoms with Gasteiger partial charge in [-0.25, -0.2) is 4.39 Å². The minimum Gasteiger partial charge on any atom is -0.480 e. The standard InChI is InChI=1S/C11H20FN3O2.2ClH/c1-7(9(12)6-15-8(2)13)4-5-11(3,14)10(16)17;;/h4-6,14H2,1-3H3,(H2,13,15)(H,16,17);2*1H/b9-7-;;/t11-;;/m0../s1. The van der Waals surface area contributed by atoms with Gasteiger partial charge in [0.2, 0.25) is 0 Å². The maximum absolute atomic E-state index is 13.5. The highest BCUT2D eigenvalue weighted by molar-refractivity contribution is 5.85. The van der Waals surface area contributed by atoms with Crippen LogP contribution in [0.25, 0.3) is 0 Å². The molecule has 0 radical (unpaired) electrons. The van der Waals surface area contributed by atoms with Gasteiger partial charge in [-0.2, -0.15) is 0 Å². The predicted octanol–water partition coefficient (Wildman–Crippen LogP) is 2.03. The fourth-order valence-corrected chi connectivity index (χ4v) is 1.02. The number of nitrogens with zero attached hydrogens (tertiary/aromatic N) is 1. The zero-order valence-electron chi connectivity index (χ0n) is 11.3. The number of halogens is 3. The molecule has 19 heavy (non-hydrogen) atoms. The highest BCUT2D eigenvalue weighted by Gasteiger charge is 2.27. The number of carbonyl (C=O) groups is 1. The monoisotopic (exact) mass is 317 g/mol. The highest BCUT2D eigenvalue weighted by atomic mass is 35.5. The first kappa shape index (κ1) is 23.3. The lowest BCUT2D eigenvalue weighted by Crippen LogP contribution is -2.44. The molecule has 0 aromatic heterocycles. The van der Waals surface area contributed by atoms with Crippen molar-refractivity contribution in [1.82, 2.24) is 0 Å². The van der Waals surface area contributed by atoms with Gasteiger partial charge in [-0.1, -0.05) is 0 Å². The summed E-state index contributed by atoms with van der Waals surface area (Å²) in [4.78, 5) is 14.5. The van der Waals surface area contributed by atoms with Crippen LogP contribution in [0.3, 0.4) is 0 Å². The van der Waals surface area contributed by atoms with Crippen molar-refractivity contribution in [2.24, 2.45) is 16.5 Å². The second kappa shape index (κ2) is 10.00. The molecule has 0 rings (SSSR count). The summed E-state index contributed by atoms with van der Waals surface area (Å²) in [5.74, 6) is -1.18. The SMILES string of the molecule is CC(N)=NC/C(F)=C(\C)CC[C@](C)(N)C(=O)O.Cl.Cl. The topological polar surface area (TPSA) is 102 Å². The van der Waals surface area contributed by atoms with Crippen LogP contribution in [0.5, 0.6) is 0 Å². The van der Waals surface area contributed by atoms with E-state index in [1.165, 1.54) is 6.92 Å². The second-order valence-electron chi connectivity index (χ2n) is 4.37. The molecule has 0 aromatic carbocycles. The summed E-state index contributed by atoms with van der Waals surface area (Å²) in [5, 5.41) is 8.80.